The topological polar surface area (TPSA) is 32.3 Å². The van der Waals surface area contributed by atoms with Gasteiger partial charge in [-0.25, -0.2) is 0 Å². The number of likely N-dealkylation sites (tertiary alicyclic amines) is 1. The zero-order valence-corrected chi connectivity index (χ0v) is 15.3. The lowest BCUT2D eigenvalue weighted by Gasteiger charge is -2.29. The second-order valence-corrected chi connectivity index (χ2v) is 6.94. The van der Waals surface area contributed by atoms with Crippen LogP contribution in [0.3, 0.4) is 0 Å². The van der Waals surface area contributed by atoms with E-state index in [-0.39, 0.29) is 35.8 Å². The fraction of sp³-hybridized carbons (Fsp3) is 0.350. The highest BCUT2D eigenvalue weighted by atomic mass is 35.5. The zero-order valence-electron chi connectivity index (χ0n) is 14.4. The van der Waals surface area contributed by atoms with Crippen molar-refractivity contribution in [2.75, 3.05) is 19.6 Å². The number of nitrogens with zero attached hydrogens (tertiary/aromatic N) is 1. The Labute approximate surface area is 162 Å². The van der Waals surface area contributed by atoms with Crippen molar-refractivity contribution in [1.29, 1.82) is 0 Å². The van der Waals surface area contributed by atoms with Crippen LogP contribution in [-0.4, -0.2) is 30.4 Å². The van der Waals surface area contributed by atoms with Crippen LogP contribution in [0.1, 0.15) is 27.5 Å². The molecule has 1 amide bonds. The molecule has 27 heavy (non-hydrogen) atoms. The van der Waals surface area contributed by atoms with E-state index in [4.69, 9.17) is 0 Å². The Hall–Kier alpha value is -2.05. The molecule has 0 radical (unpaired) electrons. The van der Waals surface area contributed by atoms with Crippen LogP contribution in [0.2, 0.25) is 0 Å². The van der Waals surface area contributed by atoms with E-state index in [9.17, 15) is 18.0 Å². The van der Waals surface area contributed by atoms with Crippen molar-refractivity contribution in [2.24, 2.45) is 11.8 Å². The zero-order chi connectivity index (χ0) is 18.3. The average molecular weight is 397 g/mol. The molecule has 0 unspecified atom stereocenters. The van der Waals surface area contributed by atoms with Crippen LogP contribution in [0.4, 0.5) is 13.2 Å². The van der Waals surface area contributed by atoms with E-state index in [1.807, 2.05) is 30.3 Å². The first kappa shape index (κ1) is 19.7. The molecule has 0 bridgehead atoms. The van der Waals surface area contributed by atoms with E-state index in [0.29, 0.717) is 6.54 Å². The molecule has 0 aromatic heterocycles. The van der Waals surface area contributed by atoms with Gasteiger partial charge in [0, 0.05) is 25.6 Å². The Balaban J connectivity index is 0.00000210. The van der Waals surface area contributed by atoms with Gasteiger partial charge in [0.05, 0.1) is 17.2 Å². The Kier molecular flexibility index (Phi) is 5.49. The molecule has 144 valence electrons. The smallest absolute Gasteiger partial charge is 0.331 e. The maximum Gasteiger partial charge on any atom is 0.417 e. The van der Waals surface area contributed by atoms with Crippen molar-refractivity contribution >= 4 is 18.3 Å². The maximum atomic E-state index is 13.4. The second-order valence-electron chi connectivity index (χ2n) is 6.94. The van der Waals surface area contributed by atoms with E-state index >= 15 is 0 Å². The highest BCUT2D eigenvalue weighted by Crippen LogP contribution is 2.44. The standard InChI is InChI=1S/C20H19F3N2O.ClH/c21-20(22,23)17-9-5-4-8-15(17)19(26)25-12-14-10-24-11-16(14)18(25)13-6-2-1-3-7-13;/h1-9,14,16,18,24H,10-12H2;1H/t14-,16-,18+;/m0./s1. The molecular formula is C20H20ClF3N2O. The first-order chi connectivity index (χ1) is 12.5. The molecule has 2 fully saturated rings. The van der Waals surface area contributed by atoms with E-state index in [2.05, 4.69) is 5.32 Å². The SMILES string of the molecule is Cl.O=C(c1ccccc1C(F)(F)F)N1C[C@@H]2CNC[C@@H]2[C@H]1c1ccccc1. The molecule has 2 aliphatic heterocycles. The predicted molar refractivity (Wildman–Crippen MR) is 98.8 cm³/mol. The number of amides is 1. The molecule has 2 aromatic rings. The van der Waals surface area contributed by atoms with Crippen molar-refractivity contribution < 1.29 is 18.0 Å². The molecule has 7 heteroatoms. The summed E-state index contributed by atoms with van der Waals surface area (Å²) in [5, 5.41) is 3.34. The summed E-state index contributed by atoms with van der Waals surface area (Å²) in [6.07, 6.45) is -4.55. The Morgan fingerprint density at radius 2 is 1.67 bits per heavy atom. The highest BCUT2D eigenvalue weighted by molar-refractivity contribution is 5.96. The molecule has 0 saturated carbocycles. The van der Waals surface area contributed by atoms with E-state index < -0.39 is 17.6 Å². The third-order valence-corrected chi connectivity index (χ3v) is 5.43. The number of benzene rings is 2. The summed E-state index contributed by atoms with van der Waals surface area (Å²) in [4.78, 5) is 14.8. The van der Waals surface area contributed by atoms with Crippen molar-refractivity contribution in [2.45, 2.75) is 12.2 Å². The summed E-state index contributed by atoms with van der Waals surface area (Å²) >= 11 is 0. The van der Waals surface area contributed by atoms with Crippen molar-refractivity contribution in [3.63, 3.8) is 0 Å². The van der Waals surface area contributed by atoms with Gasteiger partial charge in [0.15, 0.2) is 0 Å². The van der Waals surface area contributed by atoms with Gasteiger partial charge in [0.2, 0.25) is 0 Å². The van der Waals surface area contributed by atoms with Crippen LogP contribution in [0.25, 0.3) is 0 Å². The summed E-state index contributed by atoms with van der Waals surface area (Å²) in [5.74, 6) is -0.0530. The van der Waals surface area contributed by atoms with Crippen LogP contribution in [0, 0.1) is 11.8 Å². The van der Waals surface area contributed by atoms with Crippen LogP contribution >= 0.6 is 12.4 Å². The number of fused-ring (bicyclic) bond motifs is 1. The van der Waals surface area contributed by atoms with Crippen LogP contribution in [0.5, 0.6) is 0 Å². The minimum absolute atomic E-state index is 0. The average Bonchev–Trinajstić information content (AvgIpc) is 3.22. The maximum absolute atomic E-state index is 13.4. The highest BCUT2D eigenvalue weighted by Gasteiger charge is 2.48. The first-order valence-corrected chi connectivity index (χ1v) is 8.69. The monoisotopic (exact) mass is 396 g/mol. The second kappa shape index (κ2) is 7.52. The minimum Gasteiger partial charge on any atom is -0.331 e. The fourth-order valence-electron chi connectivity index (χ4n) is 4.28. The minimum atomic E-state index is -4.55. The molecule has 3 atom stereocenters. The summed E-state index contributed by atoms with van der Waals surface area (Å²) in [5.41, 5.74) is -0.164. The molecule has 0 spiro atoms. The van der Waals surface area contributed by atoms with Gasteiger partial charge in [-0.15, -0.1) is 12.4 Å². The number of hydrogen-bond acceptors (Lipinski definition) is 2. The van der Waals surface area contributed by atoms with Gasteiger partial charge in [0.25, 0.3) is 5.91 Å². The van der Waals surface area contributed by atoms with Crippen molar-refractivity contribution in [3.8, 4) is 0 Å². The van der Waals surface area contributed by atoms with Gasteiger partial charge in [-0.3, -0.25) is 4.79 Å². The Morgan fingerprint density at radius 1 is 1.00 bits per heavy atom. The lowest BCUT2D eigenvalue weighted by molar-refractivity contribution is -0.138. The van der Waals surface area contributed by atoms with Gasteiger partial charge < -0.3 is 10.2 Å². The number of hydrogen-bond donors (Lipinski definition) is 1. The summed E-state index contributed by atoms with van der Waals surface area (Å²) < 4.78 is 40.1. The summed E-state index contributed by atoms with van der Waals surface area (Å²) in [6, 6.07) is 14.4. The molecule has 2 aliphatic rings. The number of halogens is 4. The van der Waals surface area contributed by atoms with Crippen LogP contribution in [0.15, 0.2) is 54.6 Å². The molecule has 3 nitrogen and oxygen atoms in total. The van der Waals surface area contributed by atoms with Crippen LogP contribution < -0.4 is 5.32 Å². The van der Waals surface area contributed by atoms with E-state index in [0.717, 1.165) is 24.7 Å². The van der Waals surface area contributed by atoms with Gasteiger partial charge in [0.1, 0.15) is 0 Å². The van der Waals surface area contributed by atoms with Crippen molar-refractivity contribution in [3.05, 3.63) is 71.3 Å². The summed E-state index contributed by atoms with van der Waals surface area (Å²) in [7, 11) is 0. The lowest BCUT2D eigenvalue weighted by atomic mass is 9.89. The fourth-order valence-corrected chi connectivity index (χ4v) is 4.28. The van der Waals surface area contributed by atoms with Gasteiger partial charge in [-0.1, -0.05) is 42.5 Å². The predicted octanol–water partition coefficient (Wildman–Crippen LogP) is 4.16. The largest absolute Gasteiger partial charge is 0.417 e. The van der Waals surface area contributed by atoms with E-state index in [1.54, 1.807) is 4.90 Å². The Morgan fingerprint density at radius 3 is 2.37 bits per heavy atom. The number of nitrogens with one attached hydrogen (secondary N) is 1. The van der Waals surface area contributed by atoms with Gasteiger partial charge >= 0.3 is 6.18 Å². The molecule has 2 saturated heterocycles. The van der Waals surface area contributed by atoms with E-state index in [1.165, 1.54) is 18.2 Å². The molecule has 1 N–H and O–H groups in total. The molecule has 4 rings (SSSR count). The molecular weight excluding hydrogens is 377 g/mol. The lowest BCUT2D eigenvalue weighted by Crippen LogP contribution is -2.35. The first-order valence-electron chi connectivity index (χ1n) is 8.69. The number of rotatable bonds is 2. The van der Waals surface area contributed by atoms with Crippen molar-refractivity contribution in [1.82, 2.24) is 10.2 Å². The van der Waals surface area contributed by atoms with Gasteiger partial charge in [-0.2, -0.15) is 13.2 Å². The third-order valence-electron chi connectivity index (χ3n) is 5.43. The quantitative estimate of drug-likeness (QED) is 0.826. The number of carbonyl (C=O) groups excluding carboxylic acids is 1. The van der Waals surface area contributed by atoms with Gasteiger partial charge in [-0.05, 0) is 23.6 Å². The molecule has 2 heterocycles. The normalized spacial score (nSPS) is 24.4. The summed E-state index contributed by atoms with van der Waals surface area (Å²) in [6.45, 7) is 2.04. The van der Waals surface area contributed by atoms with Crippen LogP contribution in [-0.2, 0) is 6.18 Å². The molecule has 2 aromatic carbocycles. The third kappa shape index (κ3) is 3.56. The number of alkyl halides is 3. The Bertz CT molecular complexity index is 812. The number of carbonyl (C=O) groups is 1. The molecule has 0 aliphatic carbocycles.